The normalized spacial score (nSPS) is 13.9. The maximum atomic E-state index is 14.6. The Hall–Kier alpha value is -2.19. The van der Waals surface area contributed by atoms with Crippen LogP contribution in [0.25, 0.3) is 11.4 Å². The van der Waals surface area contributed by atoms with Crippen LogP contribution >= 0.6 is 19.1 Å². The van der Waals surface area contributed by atoms with Crippen molar-refractivity contribution in [3.8, 4) is 11.4 Å². The third-order valence-corrected chi connectivity index (χ3v) is 6.30. The van der Waals surface area contributed by atoms with Crippen LogP contribution in [-0.4, -0.2) is 16.7 Å². The van der Waals surface area contributed by atoms with Crippen molar-refractivity contribution in [1.29, 1.82) is 0 Å². The molecule has 30 heavy (non-hydrogen) atoms. The fourth-order valence-electron chi connectivity index (χ4n) is 2.66. The van der Waals surface area contributed by atoms with E-state index in [1.165, 1.54) is 12.1 Å². The van der Waals surface area contributed by atoms with E-state index in [0.717, 1.165) is 11.6 Å². The van der Waals surface area contributed by atoms with Gasteiger partial charge in [-0.1, -0.05) is 47.6 Å². The lowest BCUT2D eigenvalue weighted by atomic mass is 10.1. The van der Waals surface area contributed by atoms with E-state index in [9.17, 15) is 17.7 Å². The Labute approximate surface area is 175 Å². The first-order valence-corrected chi connectivity index (χ1v) is 11.1. The summed E-state index contributed by atoms with van der Waals surface area (Å²) in [5.74, 6) is -2.04. The molecule has 0 saturated carbocycles. The summed E-state index contributed by atoms with van der Waals surface area (Å²) < 4.78 is 63.6. The van der Waals surface area contributed by atoms with Crippen molar-refractivity contribution >= 4 is 19.1 Å². The second kappa shape index (κ2) is 9.31. The van der Waals surface area contributed by atoms with E-state index in [2.05, 4.69) is 19.8 Å². The second-order valence-electron chi connectivity index (χ2n) is 6.30. The van der Waals surface area contributed by atoms with E-state index in [0.29, 0.717) is 0 Å². The minimum Gasteiger partial charge on any atom is -0.331 e. The molecule has 1 unspecified atom stereocenters. The van der Waals surface area contributed by atoms with Gasteiger partial charge in [-0.15, -0.1) is 0 Å². The summed E-state index contributed by atoms with van der Waals surface area (Å²) in [6.45, 7) is 2.16. The number of hydrogen-bond donors (Lipinski definition) is 1. The molecule has 0 bridgehead atoms. The smallest absolute Gasteiger partial charge is 0.331 e. The van der Waals surface area contributed by atoms with Crippen LogP contribution in [0, 0.1) is 5.82 Å². The molecule has 0 radical (unpaired) electrons. The van der Waals surface area contributed by atoms with Gasteiger partial charge in [0.05, 0.1) is 12.8 Å². The molecule has 1 N–H and O–H groups in total. The lowest BCUT2D eigenvalue weighted by Crippen LogP contribution is -2.14. The quantitative estimate of drug-likeness (QED) is 0.327. The highest BCUT2D eigenvalue weighted by Gasteiger charge is 2.35. The Bertz CT molecular complexity index is 1040. The summed E-state index contributed by atoms with van der Waals surface area (Å²) in [6, 6.07) is 13.1. The molecule has 11 heteroatoms. The van der Waals surface area contributed by atoms with Crippen LogP contribution in [0.4, 0.5) is 13.2 Å². The van der Waals surface area contributed by atoms with Crippen molar-refractivity contribution in [3.05, 3.63) is 71.4 Å². The van der Waals surface area contributed by atoms with Gasteiger partial charge in [-0.25, -0.2) is 9.48 Å². The van der Waals surface area contributed by atoms with Gasteiger partial charge in [0.15, 0.2) is 0 Å². The number of hydrogen-bond acceptors (Lipinski definition) is 5. The molecular weight excluding hydrogens is 442 g/mol. The maximum absolute atomic E-state index is 14.6. The lowest BCUT2D eigenvalue weighted by molar-refractivity contribution is 0.0551. The van der Waals surface area contributed by atoms with Gasteiger partial charge in [-0.2, -0.15) is 13.8 Å². The molecule has 0 fully saturated rings. The lowest BCUT2D eigenvalue weighted by Gasteiger charge is -2.19. The van der Waals surface area contributed by atoms with E-state index in [4.69, 9.17) is 16.1 Å². The van der Waals surface area contributed by atoms with Gasteiger partial charge < -0.3 is 9.05 Å². The Morgan fingerprint density at radius 2 is 1.97 bits per heavy atom. The molecule has 0 aliphatic rings. The second-order valence-corrected chi connectivity index (χ2v) is 9.01. The minimum absolute atomic E-state index is 0.107. The number of nitrogens with zero attached hydrogens (tertiary/aromatic N) is 2. The molecule has 0 aliphatic heterocycles. The monoisotopic (exact) mass is 459 g/mol. The standard InChI is InChI=1S/C19H18ClF3N3O3P/c1-2-28-30(27,24-11-13-6-4-3-5-7-13)12-15-9-8-14(10-16(15)21)17-25-18(29-26-17)19(20,22)23/h3-10H,2,11-12H2,1H3,(H,24,27). The largest absolute Gasteiger partial charge is 0.400 e. The molecule has 1 atom stereocenters. The fraction of sp³-hybridized carbons (Fsp3) is 0.263. The number of alkyl halides is 3. The summed E-state index contributed by atoms with van der Waals surface area (Å²) in [4.78, 5) is 3.47. The molecule has 0 saturated heterocycles. The van der Waals surface area contributed by atoms with Crippen LogP contribution in [0.5, 0.6) is 0 Å². The maximum Gasteiger partial charge on any atom is 0.400 e. The minimum atomic E-state index is -3.82. The highest BCUT2D eigenvalue weighted by Crippen LogP contribution is 2.47. The summed E-state index contributed by atoms with van der Waals surface area (Å²) in [5.41, 5.74) is 1.13. The van der Waals surface area contributed by atoms with Crippen molar-refractivity contribution in [2.75, 3.05) is 6.61 Å². The fourth-order valence-corrected chi connectivity index (χ4v) is 4.57. The van der Waals surface area contributed by atoms with Crippen LogP contribution in [0.3, 0.4) is 0 Å². The third kappa shape index (κ3) is 5.70. The zero-order chi connectivity index (χ0) is 21.8. The Morgan fingerprint density at radius 3 is 2.57 bits per heavy atom. The van der Waals surface area contributed by atoms with Gasteiger partial charge in [0.2, 0.25) is 5.82 Å². The third-order valence-electron chi connectivity index (χ3n) is 4.06. The molecular formula is C19H18ClF3N3O3P. The Kier molecular flexibility index (Phi) is 6.98. The molecule has 6 nitrogen and oxygen atoms in total. The molecule has 0 amide bonds. The van der Waals surface area contributed by atoms with E-state index in [-0.39, 0.29) is 36.3 Å². The van der Waals surface area contributed by atoms with E-state index >= 15 is 0 Å². The first-order chi connectivity index (χ1) is 14.2. The van der Waals surface area contributed by atoms with Crippen LogP contribution < -0.4 is 5.09 Å². The van der Waals surface area contributed by atoms with E-state index < -0.39 is 24.6 Å². The van der Waals surface area contributed by atoms with Crippen molar-refractivity contribution in [3.63, 3.8) is 0 Å². The summed E-state index contributed by atoms with van der Waals surface area (Å²) in [7, 11) is -3.40. The van der Waals surface area contributed by atoms with Crippen LogP contribution in [-0.2, 0) is 27.2 Å². The molecule has 1 aromatic heterocycles. The van der Waals surface area contributed by atoms with Gasteiger partial charge in [-0.05, 0) is 35.7 Å². The first-order valence-electron chi connectivity index (χ1n) is 8.92. The van der Waals surface area contributed by atoms with Crippen LogP contribution in [0.1, 0.15) is 23.9 Å². The van der Waals surface area contributed by atoms with E-state index in [1.807, 2.05) is 30.3 Å². The number of halogens is 4. The highest BCUT2D eigenvalue weighted by molar-refractivity contribution is 7.56. The molecule has 3 rings (SSSR count). The van der Waals surface area contributed by atoms with Crippen molar-refractivity contribution < 1.29 is 26.8 Å². The molecule has 2 aromatic carbocycles. The number of nitrogens with one attached hydrogen (secondary N) is 1. The van der Waals surface area contributed by atoms with Crippen molar-refractivity contribution in [2.24, 2.45) is 0 Å². The Morgan fingerprint density at radius 1 is 1.23 bits per heavy atom. The molecule has 160 valence electrons. The topological polar surface area (TPSA) is 77.2 Å². The highest BCUT2D eigenvalue weighted by atomic mass is 35.5. The Balaban J connectivity index is 1.77. The van der Waals surface area contributed by atoms with Crippen molar-refractivity contribution in [2.45, 2.75) is 25.0 Å². The zero-order valence-corrected chi connectivity index (χ0v) is 17.5. The summed E-state index contributed by atoms with van der Waals surface area (Å²) >= 11 is 4.84. The molecule has 0 spiro atoms. The molecule has 3 aromatic rings. The van der Waals surface area contributed by atoms with Crippen molar-refractivity contribution in [1.82, 2.24) is 15.2 Å². The van der Waals surface area contributed by atoms with Crippen LogP contribution in [0.2, 0.25) is 0 Å². The predicted octanol–water partition coefficient (Wildman–Crippen LogP) is 5.68. The SMILES string of the molecule is CCOP(=O)(Cc1ccc(-c2noc(C(F)(F)Cl)n2)cc1F)NCc1ccccc1. The number of rotatable bonds is 9. The molecule has 1 heterocycles. The average Bonchev–Trinajstić information content (AvgIpc) is 3.20. The number of aromatic nitrogens is 2. The predicted molar refractivity (Wildman–Crippen MR) is 106 cm³/mol. The van der Waals surface area contributed by atoms with Gasteiger partial charge in [0.25, 0.3) is 7.52 Å². The van der Waals surface area contributed by atoms with Gasteiger partial charge >= 0.3 is 11.3 Å². The average molecular weight is 460 g/mol. The zero-order valence-electron chi connectivity index (χ0n) is 15.8. The molecule has 0 aliphatic carbocycles. The summed E-state index contributed by atoms with van der Waals surface area (Å²) in [6.07, 6.45) is -0.197. The van der Waals surface area contributed by atoms with Gasteiger partial charge in [-0.3, -0.25) is 4.57 Å². The van der Waals surface area contributed by atoms with Crippen LogP contribution in [0.15, 0.2) is 53.1 Å². The summed E-state index contributed by atoms with van der Waals surface area (Å²) in [5, 5.41) is 2.44. The number of benzene rings is 2. The van der Waals surface area contributed by atoms with E-state index in [1.54, 1.807) is 6.92 Å². The van der Waals surface area contributed by atoms with Gasteiger partial charge in [0, 0.05) is 12.1 Å². The first kappa shape index (κ1) is 22.5. The van der Waals surface area contributed by atoms with Gasteiger partial charge in [0.1, 0.15) is 5.82 Å².